The number of hydrogen-bond acceptors (Lipinski definition) is 3. The quantitative estimate of drug-likeness (QED) is 0.720. The molecule has 0 atom stereocenters. The van der Waals surface area contributed by atoms with Gasteiger partial charge in [-0.3, -0.25) is 14.4 Å². The summed E-state index contributed by atoms with van der Waals surface area (Å²) in [6.07, 6.45) is 2.05. The number of carbonyl (C=O) groups is 2. The van der Waals surface area contributed by atoms with Gasteiger partial charge in [-0.1, -0.05) is 24.3 Å². The molecule has 2 amide bonds. The summed E-state index contributed by atoms with van der Waals surface area (Å²) in [7, 11) is 0. The van der Waals surface area contributed by atoms with Gasteiger partial charge in [-0.25, -0.2) is 0 Å². The molecule has 1 aromatic heterocycles. The SMILES string of the molecule is O=C(Cn1c2ccccc2c(=O)c2ccccc21)NCC(=O)N1CCCC1. The Bertz CT molecular complexity index is 1020. The van der Waals surface area contributed by atoms with Crippen molar-refractivity contribution in [2.75, 3.05) is 19.6 Å². The van der Waals surface area contributed by atoms with E-state index in [4.69, 9.17) is 0 Å². The molecule has 1 saturated heterocycles. The van der Waals surface area contributed by atoms with Crippen LogP contribution in [0.4, 0.5) is 0 Å². The second-order valence-electron chi connectivity index (χ2n) is 6.81. The molecule has 4 rings (SSSR count). The van der Waals surface area contributed by atoms with Gasteiger partial charge in [0.05, 0.1) is 17.6 Å². The van der Waals surface area contributed by atoms with Crippen LogP contribution < -0.4 is 10.7 Å². The standard InChI is InChI=1S/C21H21N3O3/c25-19(22-13-20(26)23-11-5-6-12-23)14-24-17-9-3-1-7-15(17)21(27)16-8-2-4-10-18(16)24/h1-4,7-10H,5-6,11-14H2,(H,22,25). The molecule has 0 radical (unpaired) electrons. The topological polar surface area (TPSA) is 71.4 Å². The maximum absolute atomic E-state index is 12.7. The van der Waals surface area contributed by atoms with Crippen molar-refractivity contribution in [2.24, 2.45) is 0 Å². The zero-order valence-corrected chi connectivity index (χ0v) is 15.0. The molecule has 3 aromatic rings. The maximum atomic E-state index is 12.7. The molecule has 1 aliphatic rings. The highest BCUT2D eigenvalue weighted by Crippen LogP contribution is 2.19. The summed E-state index contributed by atoms with van der Waals surface area (Å²) in [6.45, 7) is 1.59. The van der Waals surface area contributed by atoms with Crippen LogP contribution in [0.25, 0.3) is 21.8 Å². The molecule has 0 bridgehead atoms. The number of rotatable bonds is 4. The van der Waals surface area contributed by atoms with E-state index < -0.39 is 0 Å². The number of fused-ring (bicyclic) bond motifs is 2. The fourth-order valence-corrected chi connectivity index (χ4v) is 3.70. The Labute approximate surface area is 156 Å². The molecule has 1 N–H and O–H groups in total. The normalized spacial score (nSPS) is 14.0. The van der Waals surface area contributed by atoms with Crippen molar-refractivity contribution in [1.82, 2.24) is 14.8 Å². The third kappa shape index (κ3) is 3.30. The van der Waals surface area contributed by atoms with Crippen molar-refractivity contribution in [3.05, 3.63) is 58.8 Å². The molecule has 1 fully saturated rings. The molecular formula is C21H21N3O3. The lowest BCUT2D eigenvalue weighted by Crippen LogP contribution is -2.39. The van der Waals surface area contributed by atoms with E-state index in [1.807, 2.05) is 41.0 Å². The van der Waals surface area contributed by atoms with E-state index in [1.54, 1.807) is 17.0 Å². The average molecular weight is 363 g/mol. The zero-order valence-electron chi connectivity index (χ0n) is 15.0. The minimum Gasteiger partial charge on any atom is -0.345 e. The predicted molar refractivity (Wildman–Crippen MR) is 105 cm³/mol. The van der Waals surface area contributed by atoms with Crippen molar-refractivity contribution in [3.8, 4) is 0 Å². The Morgan fingerprint density at radius 1 is 0.889 bits per heavy atom. The number of amides is 2. The summed E-state index contributed by atoms with van der Waals surface area (Å²) >= 11 is 0. The van der Waals surface area contributed by atoms with E-state index in [0.29, 0.717) is 21.8 Å². The number of pyridine rings is 1. The lowest BCUT2D eigenvalue weighted by atomic mass is 10.1. The first-order valence-corrected chi connectivity index (χ1v) is 9.20. The molecule has 27 heavy (non-hydrogen) atoms. The van der Waals surface area contributed by atoms with Crippen LogP contribution in [0.3, 0.4) is 0 Å². The van der Waals surface area contributed by atoms with Crippen molar-refractivity contribution in [1.29, 1.82) is 0 Å². The van der Waals surface area contributed by atoms with Gasteiger partial charge in [0.1, 0.15) is 6.54 Å². The molecular weight excluding hydrogens is 342 g/mol. The molecule has 0 aliphatic carbocycles. The van der Waals surface area contributed by atoms with Gasteiger partial charge in [0.15, 0.2) is 5.43 Å². The van der Waals surface area contributed by atoms with Crippen LogP contribution >= 0.6 is 0 Å². The molecule has 138 valence electrons. The Kier molecular flexibility index (Phi) is 4.62. The van der Waals surface area contributed by atoms with E-state index in [1.165, 1.54) is 0 Å². The number of aromatic nitrogens is 1. The van der Waals surface area contributed by atoms with E-state index in [2.05, 4.69) is 5.32 Å². The molecule has 6 nitrogen and oxygen atoms in total. The second-order valence-corrected chi connectivity index (χ2v) is 6.81. The first kappa shape index (κ1) is 17.3. The van der Waals surface area contributed by atoms with E-state index in [0.717, 1.165) is 25.9 Å². The molecule has 0 unspecified atom stereocenters. The van der Waals surface area contributed by atoms with Gasteiger partial charge in [-0.15, -0.1) is 0 Å². The number of nitrogens with zero attached hydrogens (tertiary/aromatic N) is 2. The molecule has 2 heterocycles. The largest absolute Gasteiger partial charge is 0.345 e. The smallest absolute Gasteiger partial charge is 0.241 e. The van der Waals surface area contributed by atoms with Gasteiger partial charge < -0.3 is 14.8 Å². The molecule has 6 heteroatoms. The summed E-state index contributed by atoms with van der Waals surface area (Å²) in [4.78, 5) is 39.2. The van der Waals surface area contributed by atoms with Gasteiger partial charge in [0, 0.05) is 23.9 Å². The Morgan fingerprint density at radius 3 is 2.04 bits per heavy atom. The molecule has 0 spiro atoms. The monoisotopic (exact) mass is 363 g/mol. The molecule has 0 saturated carbocycles. The first-order chi connectivity index (χ1) is 13.1. The van der Waals surface area contributed by atoms with Crippen molar-refractivity contribution in [2.45, 2.75) is 19.4 Å². The van der Waals surface area contributed by atoms with E-state index in [9.17, 15) is 14.4 Å². The highest BCUT2D eigenvalue weighted by atomic mass is 16.2. The van der Waals surface area contributed by atoms with Gasteiger partial charge in [0.2, 0.25) is 11.8 Å². The third-order valence-corrected chi connectivity index (χ3v) is 5.08. The van der Waals surface area contributed by atoms with Gasteiger partial charge in [-0.05, 0) is 37.1 Å². The maximum Gasteiger partial charge on any atom is 0.241 e. The van der Waals surface area contributed by atoms with Crippen LogP contribution in [0, 0.1) is 0 Å². The van der Waals surface area contributed by atoms with E-state index in [-0.39, 0.29) is 30.3 Å². The van der Waals surface area contributed by atoms with Crippen LogP contribution in [0.5, 0.6) is 0 Å². The first-order valence-electron chi connectivity index (χ1n) is 9.20. The number of carbonyl (C=O) groups excluding carboxylic acids is 2. The summed E-state index contributed by atoms with van der Waals surface area (Å²) in [5.41, 5.74) is 1.38. The van der Waals surface area contributed by atoms with Gasteiger partial charge >= 0.3 is 0 Å². The number of hydrogen-bond donors (Lipinski definition) is 1. The Balaban J connectivity index is 1.62. The third-order valence-electron chi connectivity index (χ3n) is 5.08. The fourth-order valence-electron chi connectivity index (χ4n) is 3.70. The van der Waals surface area contributed by atoms with Gasteiger partial charge in [0.25, 0.3) is 0 Å². The van der Waals surface area contributed by atoms with Crippen molar-refractivity contribution < 1.29 is 9.59 Å². The van der Waals surface area contributed by atoms with Crippen molar-refractivity contribution >= 4 is 33.6 Å². The van der Waals surface area contributed by atoms with Crippen molar-refractivity contribution in [3.63, 3.8) is 0 Å². The average Bonchev–Trinajstić information content (AvgIpc) is 3.24. The zero-order chi connectivity index (χ0) is 18.8. The molecule has 1 aliphatic heterocycles. The minimum atomic E-state index is -0.249. The summed E-state index contributed by atoms with van der Waals surface area (Å²) in [5.74, 6) is -0.294. The highest BCUT2D eigenvalue weighted by Gasteiger charge is 2.19. The summed E-state index contributed by atoms with van der Waals surface area (Å²) in [6, 6.07) is 14.6. The highest BCUT2D eigenvalue weighted by molar-refractivity contribution is 5.95. The number of likely N-dealkylation sites (tertiary alicyclic amines) is 1. The van der Waals surface area contributed by atoms with Gasteiger partial charge in [-0.2, -0.15) is 0 Å². The second kappa shape index (κ2) is 7.23. The van der Waals surface area contributed by atoms with Crippen LogP contribution in [0.2, 0.25) is 0 Å². The molecule has 2 aromatic carbocycles. The minimum absolute atomic E-state index is 0.00883. The van der Waals surface area contributed by atoms with E-state index >= 15 is 0 Å². The Morgan fingerprint density at radius 2 is 1.44 bits per heavy atom. The van der Waals surface area contributed by atoms with Crippen LogP contribution in [-0.4, -0.2) is 40.9 Å². The Hall–Kier alpha value is -3.15. The predicted octanol–water partition coefficient (Wildman–Crippen LogP) is 1.89. The lowest BCUT2D eigenvalue weighted by molar-refractivity contribution is -0.132. The summed E-state index contributed by atoms with van der Waals surface area (Å²) in [5, 5.41) is 3.88. The van der Waals surface area contributed by atoms with Crippen LogP contribution in [0.15, 0.2) is 53.3 Å². The lowest BCUT2D eigenvalue weighted by Gasteiger charge is -2.17. The summed E-state index contributed by atoms with van der Waals surface area (Å²) < 4.78 is 1.84. The number of nitrogens with one attached hydrogen (secondary N) is 1. The van der Waals surface area contributed by atoms with Crippen LogP contribution in [-0.2, 0) is 16.1 Å². The number of benzene rings is 2. The number of para-hydroxylation sites is 2. The fraction of sp³-hybridized carbons (Fsp3) is 0.286. The van der Waals surface area contributed by atoms with Crippen LogP contribution in [0.1, 0.15) is 12.8 Å².